The zero-order chi connectivity index (χ0) is 15.4. The molecule has 0 aliphatic rings. The number of halogens is 4. The Hall–Kier alpha value is -2.02. The molecule has 0 saturated carbocycles. The molecular formula is C12H8ClF3O4. The van der Waals surface area contributed by atoms with Crippen LogP contribution < -0.4 is 0 Å². The molecule has 0 spiro atoms. The van der Waals surface area contributed by atoms with Gasteiger partial charge in [-0.25, -0.2) is 18.0 Å². The van der Waals surface area contributed by atoms with Gasteiger partial charge in [0.2, 0.25) is 5.78 Å². The van der Waals surface area contributed by atoms with Crippen LogP contribution >= 0.6 is 11.6 Å². The smallest absolute Gasteiger partial charge is 0.342 e. The first-order valence-corrected chi connectivity index (χ1v) is 5.61. The number of ketones is 1. The van der Waals surface area contributed by atoms with Crippen LogP contribution in [0, 0.1) is 17.5 Å². The lowest BCUT2D eigenvalue weighted by Gasteiger charge is -2.06. The van der Waals surface area contributed by atoms with Gasteiger partial charge in [0.25, 0.3) is 0 Å². The number of carbonyl (C=O) groups is 2. The van der Waals surface area contributed by atoms with Crippen LogP contribution in [0.25, 0.3) is 0 Å². The van der Waals surface area contributed by atoms with Crippen molar-refractivity contribution in [3.8, 4) is 0 Å². The van der Waals surface area contributed by atoms with Crippen LogP contribution in [-0.4, -0.2) is 23.5 Å². The van der Waals surface area contributed by atoms with E-state index in [1.807, 2.05) is 0 Å². The molecule has 108 valence electrons. The highest BCUT2D eigenvalue weighted by atomic mass is 35.5. The summed E-state index contributed by atoms with van der Waals surface area (Å²) < 4.78 is 44.4. The number of benzene rings is 1. The van der Waals surface area contributed by atoms with Crippen LogP contribution in [0.3, 0.4) is 0 Å². The van der Waals surface area contributed by atoms with Crippen molar-refractivity contribution in [1.82, 2.24) is 0 Å². The standard InChI is InChI=1S/C12H8ClF3O4/c1-2-20-4-6(12(18)19)11(17)5-3-7(14)10(16)8(13)9(5)15/h3-4H,2H2,1H3,(H,18,19)/b6-4-. The minimum Gasteiger partial charge on any atom is -0.500 e. The van der Waals surface area contributed by atoms with Crippen molar-refractivity contribution in [2.24, 2.45) is 0 Å². The maximum Gasteiger partial charge on any atom is 0.342 e. The molecule has 1 rings (SSSR count). The van der Waals surface area contributed by atoms with Crippen molar-refractivity contribution in [1.29, 1.82) is 0 Å². The first kappa shape index (κ1) is 16.0. The minimum atomic E-state index is -1.70. The molecule has 1 aromatic carbocycles. The van der Waals surface area contributed by atoms with Crippen molar-refractivity contribution in [2.45, 2.75) is 6.92 Å². The number of hydrogen-bond acceptors (Lipinski definition) is 3. The predicted molar refractivity (Wildman–Crippen MR) is 63.0 cm³/mol. The van der Waals surface area contributed by atoms with Crippen LogP contribution in [0.15, 0.2) is 17.9 Å². The summed E-state index contributed by atoms with van der Waals surface area (Å²) in [6, 6.07) is 0.238. The minimum absolute atomic E-state index is 0.0606. The predicted octanol–water partition coefficient (Wildman–Crippen LogP) is 2.95. The van der Waals surface area contributed by atoms with Gasteiger partial charge in [0.1, 0.15) is 16.9 Å². The van der Waals surface area contributed by atoms with Gasteiger partial charge in [-0.3, -0.25) is 4.79 Å². The monoisotopic (exact) mass is 308 g/mol. The SMILES string of the molecule is CCO/C=C(\C(=O)O)C(=O)c1cc(F)c(F)c(Cl)c1F. The van der Waals surface area contributed by atoms with Gasteiger partial charge in [0, 0.05) is 0 Å². The molecule has 0 bridgehead atoms. The molecule has 0 amide bonds. The molecule has 0 aliphatic carbocycles. The van der Waals surface area contributed by atoms with Crippen molar-refractivity contribution in [2.75, 3.05) is 6.61 Å². The van der Waals surface area contributed by atoms with Crippen LogP contribution in [0.5, 0.6) is 0 Å². The topological polar surface area (TPSA) is 63.6 Å². The third kappa shape index (κ3) is 3.11. The van der Waals surface area contributed by atoms with Crippen LogP contribution in [0.1, 0.15) is 17.3 Å². The highest BCUT2D eigenvalue weighted by Crippen LogP contribution is 2.26. The average Bonchev–Trinajstić information content (AvgIpc) is 2.40. The molecule has 0 radical (unpaired) electrons. The fraction of sp³-hybridized carbons (Fsp3) is 0.167. The lowest BCUT2D eigenvalue weighted by atomic mass is 10.0. The maximum absolute atomic E-state index is 13.6. The molecule has 0 fully saturated rings. The highest BCUT2D eigenvalue weighted by molar-refractivity contribution is 6.32. The largest absolute Gasteiger partial charge is 0.500 e. The van der Waals surface area contributed by atoms with Gasteiger partial charge >= 0.3 is 5.97 Å². The molecule has 0 heterocycles. The first-order valence-electron chi connectivity index (χ1n) is 5.24. The van der Waals surface area contributed by atoms with E-state index in [0.717, 1.165) is 0 Å². The summed E-state index contributed by atoms with van der Waals surface area (Å²) in [4.78, 5) is 22.7. The number of ether oxygens (including phenoxy) is 1. The fourth-order valence-corrected chi connectivity index (χ4v) is 1.44. The molecule has 0 unspecified atom stereocenters. The summed E-state index contributed by atoms with van der Waals surface area (Å²) >= 11 is 5.18. The van der Waals surface area contributed by atoms with Gasteiger partial charge in [-0.1, -0.05) is 11.6 Å². The molecule has 0 atom stereocenters. The molecule has 0 aromatic heterocycles. The van der Waals surface area contributed by atoms with E-state index in [9.17, 15) is 22.8 Å². The van der Waals surface area contributed by atoms with Gasteiger partial charge in [-0.2, -0.15) is 0 Å². The number of carboxylic acids is 1. The average molecular weight is 309 g/mol. The van der Waals surface area contributed by atoms with E-state index in [1.165, 1.54) is 6.92 Å². The summed E-state index contributed by atoms with van der Waals surface area (Å²) in [6.45, 7) is 1.58. The summed E-state index contributed by atoms with van der Waals surface area (Å²) in [5.74, 6) is -7.86. The summed E-state index contributed by atoms with van der Waals surface area (Å²) in [6.07, 6.45) is 0.597. The van der Waals surface area contributed by atoms with E-state index in [1.54, 1.807) is 0 Å². The Morgan fingerprint density at radius 1 is 1.35 bits per heavy atom. The number of carboxylic acid groups (broad SMARTS) is 1. The Balaban J connectivity index is 3.37. The van der Waals surface area contributed by atoms with Gasteiger partial charge < -0.3 is 9.84 Å². The molecule has 20 heavy (non-hydrogen) atoms. The van der Waals surface area contributed by atoms with Crippen molar-refractivity contribution in [3.63, 3.8) is 0 Å². The Kier molecular flexibility index (Phi) is 5.15. The molecule has 1 aromatic rings. The third-order valence-electron chi connectivity index (χ3n) is 2.19. The first-order chi connectivity index (χ1) is 9.31. The lowest BCUT2D eigenvalue weighted by Crippen LogP contribution is -2.15. The van der Waals surface area contributed by atoms with E-state index in [4.69, 9.17) is 16.7 Å². The Bertz CT molecular complexity index is 599. The van der Waals surface area contributed by atoms with E-state index in [-0.39, 0.29) is 12.7 Å². The maximum atomic E-state index is 13.6. The second-order valence-corrected chi connectivity index (χ2v) is 3.85. The summed E-state index contributed by atoms with van der Waals surface area (Å²) in [5.41, 5.74) is -1.94. The van der Waals surface area contributed by atoms with Gasteiger partial charge in [0.15, 0.2) is 17.5 Å². The Morgan fingerprint density at radius 2 is 1.95 bits per heavy atom. The second-order valence-electron chi connectivity index (χ2n) is 3.47. The lowest BCUT2D eigenvalue weighted by molar-refractivity contribution is -0.132. The number of aliphatic carboxylic acids is 1. The van der Waals surface area contributed by atoms with Crippen LogP contribution in [-0.2, 0) is 9.53 Å². The van der Waals surface area contributed by atoms with Crippen LogP contribution in [0.4, 0.5) is 13.2 Å². The number of carbonyl (C=O) groups excluding carboxylic acids is 1. The van der Waals surface area contributed by atoms with E-state index in [0.29, 0.717) is 6.26 Å². The molecule has 1 N–H and O–H groups in total. The number of Topliss-reactive ketones (excluding diaryl/α,β-unsaturated/α-hetero) is 1. The normalized spacial score (nSPS) is 11.3. The van der Waals surface area contributed by atoms with Gasteiger partial charge in [0.05, 0.1) is 12.2 Å². The van der Waals surface area contributed by atoms with E-state index in [2.05, 4.69) is 4.74 Å². The number of rotatable bonds is 5. The summed E-state index contributed by atoms with van der Waals surface area (Å²) in [5, 5.41) is 7.60. The summed E-state index contributed by atoms with van der Waals surface area (Å²) in [7, 11) is 0. The van der Waals surface area contributed by atoms with E-state index < -0.39 is 45.4 Å². The molecule has 8 heteroatoms. The van der Waals surface area contributed by atoms with Gasteiger partial charge in [-0.15, -0.1) is 0 Å². The Labute approximate surface area is 116 Å². The fourth-order valence-electron chi connectivity index (χ4n) is 1.25. The molecule has 4 nitrogen and oxygen atoms in total. The zero-order valence-electron chi connectivity index (χ0n) is 10.0. The molecule has 0 saturated heterocycles. The number of hydrogen-bond donors (Lipinski definition) is 1. The molecule has 0 aliphatic heterocycles. The van der Waals surface area contributed by atoms with Crippen molar-refractivity contribution in [3.05, 3.63) is 45.9 Å². The molecular weight excluding hydrogens is 301 g/mol. The third-order valence-corrected chi connectivity index (χ3v) is 2.52. The Morgan fingerprint density at radius 3 is 2.45 bits per heavy atom. The van der Waals surface area contributed by atoms with Gasteiger partial charge in [-0.05, 0) is 13.0 Å². The van der Waals surface area contributed by atoms with Crippen molar-refractivity contribution < 1.29 is 32.6 Å². The zero-order valence-corrected chi connectivity index (χ0v) is 10.8. The van der Waals surface area contributed by atoms with Crippen LogP contribution in [0.2, 0.25) is 5.02 Å². The van der Waals surface area contributed by atoms with Crippen molar-refractivity contribution >= 4 is 23.4 Å². The van der Waals surface area contributed by atoms with E-state index >= 15 is 0 Å². The quantitative estimate of drug-likeness (QED) is 0.173. The highest BCUT2D eigenvalue weighted by Gasteiger charge is 2.27. The second kappa shape index (κ2) is 6.42.